The van der Waals surface area contributed by atoms with E-state index in [9.17, 15) is 9.18 Å². The van der Waals surface area contributed by atoms with E-state index in [1.165, 1.54) is 36.2 Å². The quantitative estimate of drug-likeness (QED) is 0.794. The number of nitrogens with zero attached hydrogens (tertiary/aromatic N) is 2. The molecule has 1 amide bonds. The molecule has 3 heterocycles. The molecule has 0 radical (unpaired) electrons. The number of hydrogen-bond acceptors (Lipinski definition) is 6. The molecule has 2 aliphatic heterocycles. The summed E-state index contributed by atoms with van der Waals surface area (Å²) in [5.41, 5.74) is 6.09. The molecule has 2 aromatic rings. The van der Waals surface area contributed by atoms with Crippen LogP contribution in [0.1, 0.15) is 23.0 Å². The Labute approximate surface area is 170 Å². The van der Waals surface area contributed by atoms with Gasteiger partial charge >= 0.3 is 0 Å². The number of nitrogens with one attached hydrogen (secondary N) is 1. The number of amidine groups is 1. The number of hydrogen-bond donors (Lipinski definition) is 2. The fourth-order valence-electron chi connectivity index (χ4n) is 3.64. The first-order valence-corrected chi connectivity index (χ1v) is 10.1. The van der Waals surface area contributed by atoms with Crippen molar-refractivity contribution in [2.24, 2.45) is 16.6 Å². The molecule has 0 bridgehead atoms. The zero-order valence-corrected chi connectivity index (χ0v) is 16.6. The first-order chi connectivity index (χ1) is 13.4. The lowest BCUT2D eigenvalue weighted by atomic mass is 9.79. The van der Waals surface area contributed by atoms with Gasteiger partial charge in [-0.15, -0.1) is 0 Å². The molecule has 2 aliphatic rings. The fraction of sp³-hybridized carbons (Fsp3) is 0.316. The molecule has 28 heavy (non-hydrogen) atoms. The summed E-state index contributed by atoms with van der Waals surface area (Å²) in [7, 11) is 0. The van der Waals surface area contributed by atoms with E-state index in [-0.39, 0.29) is 24.3 Å². The lowest BCUT2D eigenvalue weighted by Gasteiger charge is -2.35. The molecule has 1 saturated heterocycles. The van der Waals surface area contributed by atoms with E-state index < -0.39 is 17.3 Å². The lowest BCUT2D eigenvalue weighted by Crippen LogP contribution is -2.41. The Kier molecular flexibility index (Phi) is 5.03. The van der Waals surface area contributed by atoms with Gasteiger partial charge in [0.05, 0.1) is 17.7 Å². The number of aliphatic imine (C=N–C) groups is 1. The molecule has 6 nitrogen and oxygen atoms in total. The van der Waals surface area contributed by atoms with Gasteiger partial charge in [-0.25, -0.2) is 14.4 Å². The summed E-state index contributed by atoms with van der Waals surface area (Å²) >= 11 is 7.25. The van der Waals surface area contributed by atoms with Crippen molar-refractivity contribution < 1.29 is 13.9 Å². The van der Waals surface area contributed by atoms with Crippen LogP contribution in [0.4, 0.5) is 10.1 Å². The van der Waals surface area contributed by atoms with E-state index in [2.05, 4.69) is 15.3 Å². The van der Waals surface area contributed by atoms with E-state index in [0.717, 1.165) is 0 Å². The molecule has 4 rings (SSSR count). The van der Waals surface area contributed by atoms with E-state index in [1.54, 1.807) is 12.1 Å². The topological polar surface area (TPSA) is 89.6 Å². The first kappa shape index (κ1) is 19.2. The first-order valence-electron chi connectivity index (χ1n) is 8.72. The molecular formula is C19H18ClFN4O2S. The van der Waals surface area contributed by atoms with Crippen molar-refractivity contribution in [2.45, 2.75) is 18.6 Å². The largest absolute Gasteiger partial charge is 0.379 e. The van der Waals surface area contributed by atoms with Crippen LogP contribution < -0.4 is 11.1 Å². The minimum atomic E-state index is -0.891. The van der Waals surface area contributed by atoms with Crippen LogP contribution in [-0.4, -0.2) is 34.5 Å². The minimum absolute atomic E-state index is 0.0109. The zero-order chi connectivity index (χ0) is 19.9. The Bertz CT molecular complexity index is 955. The number of rotatable bonds is 3. The van der Waals surface area contributed by atoms with Gasteiger partial charge in [-0.3, -0.25) is 4.79 Å². The number of ether oxygens (including phenoxy) is 1. The highest BCUT2D eigenvalue weighted by Crippen LogP contribution is 2.48. The molecule has 0 spiro atoms. The van der Waals surface area contributed by atoms with E-state index in [1.807, 2.05) is 6.92 Å². The Morgan fingerprint density at radius 2 is 2.25 bits per heavy atom. The molecule has 0 saturated carbocycles. The fourth-order valence-corrected chi connectivity index (χ4v) is 4.88. The summed E-state index contributed by atoms with van der Waals surface area (Å²) in [6.45, 7) is 2.20. The van der Waals surface area contributed by atoms with Crippen molar-refractivity contribution in [3.8, 4) is 0 Å². The number of benzene rings is 1. The van der Waals surface area contributed by atoms with Crippen LogP contribution in [0.15, 0.2) is 41.5 Å². The van der Waals surface area contributed by atoms with Crippen molar-refractivity contribution in [3.05, 3.63) is 58.6 Å². The molecule has 146 valence electrons. The van der Waals surface area contributed by atoms with Crippen LogP contribution in [0, 0.1) is 11.7 Å². The minimum Gasteiger partial charge on any atom is -0.379 e. The van der Waals surface area contributed by atoms with Crippen molar-refractivity contribution >= 4 is 40.1 Å². The Morgan fingerprint density at radius 3 is 3.00 bits per heavy atom. The van der Waals surface area contributed by atoms with Gasteiger partial charge in [0.15, 0.2) is 5.17 Å². The molecular weight excluding hydrogens is 403 g/mol. The number of pyridine rings is 1. The van der Waals surface area contributed by atoms with Crippen LogP contribution in [0.2, 0.25) is 5.02 Å². The van der Waals surface area contributed by atoms with Crippen molar-refractivity contribution in [1.82, 2.24) is 4.98 Å². The molecule has 1 aromatic carbocycles. The third-order valence-electron chi connectivity index (χ3n) is 5.12. The van der Waals surface area contributed by atoms with Crippen LogP contribution in [0.5, 0.6) is 0 Å². The van der Waals surface area contributed by atoms with Gasteiger partial charge in [-0.1, -0.05) is 23.4 Å². The van der Waals surface area contributed by atoms with Gasteiger partial charge in [-0.2, -0.15) is 0 Å². The molecule has 3 atom stereocenters. The third-order valence-corrected chi connectivity index (χ3v) is 6.25. The van der Waals surface area contributed by atoms with Crippen molar-refractivity contribution in [2.75, 3.05) is 17.7 Å². The van der Waals surface area contributed by atoms with Gasteiger partial charge in [-0.05, 0) is 37.3 Å². The summed E-state index contributed by atoms with van der Waals surface area (Å²) < 4.78 is 20.6. The summed E-state index contributed by atoms with van der Waals surface area (Å²) in [5.74, 6) is -0.139. The Hall–Kier alpha value is -2.16. The standard InChI is InChI=1S/C19H18ClFN4O2S/c1-10-14-8-28-18(22)25-19(14,9-27-10)13-6-12(3-4-15(13)21)24-17(26)16-5-2-11(20)7-23-16/h2-7,10,14H,8-9H2,1H3,(H2,22,25)(H,24,26). The van der Waals surface area contributed by atoms with E-state index in [4.69, 9.17) is 22.1 Å². The summed E-state index contributed by atoms with van der Waals surface area (Å²) in [5, 5.41) is 3.59. The number of anilines is 1. The number of carbonyl (C=O) groups excluding carboxylic acids is 1. The van der Waals surface area contributed by atoms with Crippen molar-refractivity contribution in [3.63, 3.8) is 0 Å². The summed E-state index contributed by atoms with van der Waals surface area (Å²) in [6, 6.07) is 7.53. The monoisotopic (exact) mass is 420 g/mol. The van der Waals surface area contributed by atoms with Gasteiger partial charge in [0.1, 0.15) is 17.1 Å². The second-order valence-electron chi connectivity index (χ2n) is 6.82. The van der Waals surface area contributed by atoms with Crippen LogP contribution in [-0.2, 0) is 10.3 Å². The number of carbonyl (C=O) groups is 1. The van der Waals surface area contributed by atoms with Gasteiger partial charge < -0.3 is 15.8 Å². The Morgan fingerprint density at radius 1 is 1.43 bits per heavy atom. The summed E-state index contributed by atoms with van der Waals surface area (Å²) in [4.78, 5) is 21.0. The third kappa shape index (κ3) is 3.36. The highest BCUT2D eigenvalue weighted by Gasteiger charge is 2.52. The molecule has 1 aromatic heterocycles. The molecule has 1 fully saturated rings. The average molecular weight is 421 g/mol. The summed E-state index contributed by atoms with van der Waals surface area (Å²) in [6.07, 6.45) is 1.32. The number of fused-ring (bicyclic) bond motifs is 1. The number of halogens is 2. The zero-order valence-electron chi connectivity index (χ0n) is 15.0. The SMILES string of the molecule is CC1OCC2(c3cc(NC(=O)c4ccc(Cl)cn4)ccc3F)N=C(N)SCC12. The van der Waals surface area contributed by atoms with E-state index >= 15 is 0 Å². The number of amides is 1. The maximum Gasteiger partial charge on any atom is 0.274 e. The second kappa shape index (κ2) is 7.35. The van der Waals surface area contributed by atoms with Crippen molar-refractivity contribution in [1.29, 1.82) is 0 Å². The van der Waals surface area contributed by atoms with Crippen LogP contribution in [0.25, 0.3) is 0 Å². The maximum absolute atomic E-state index is 14.8. The smallest absolute Gasteiger partial charge is 0.274 e. The van der Waals surface area contributed by atoms with Crippen LogP contribution in [0.3, 0.4) is 0 Å². The normalized spacial score (nSPS) is 26.5. The van der Waals surface area contributed by atoms with Gasteiger partial charge in [0.25, 0.3) is 5.91 Å². The average Bonchev–Trinajstić information content (AvgIpc) is 3.00. The number of aromatic nitrogens is 1. The number of thioether (sulfide) groups is 1. The highest BCUT2D eigenvalue weighted by atomic mass is 35.5. The molecule has 0 aliphatic carbocycles. The molecule has 9 heteroatoms. The van der Waals surface area contributed by atoms with Crippen LogP contribution >= 0.6 is 23.4 Å². The van der Waals surface area contributed by atoms with Gasteiger partial charge in [0.2, 0.25) is 0 Å². The second-order valence-corrected chi connectivity index (χ2v) is 8.30. The predicted octanol–water partition coefficient (Wildman–Crippen LogP) is 3.42. The maximum atomic E-state index is 14.8. The molecule has 3 N–H and O–H groups in total. The Balaban J connectivity index is 1.68. The van der Waals surface area contributed by atoms with Gasteiger partial charge in [0, 0.05) is 29.1 Å². The lowest BCUT2D eigenvalue weighted by molar-refractivity contribution is 0.102. The number of nitrogens with two attached hydrogens (primary N) is 1. The van der Waals surface area contributed by atoms with E-state index in [0.29, 0.717) is 27.2 Å². The molecule has 3 unspecified atom stereocenters. The predicted molar refractivity (Wildman–Crippen MR) is 108 cm³/mol. The highest BCUT2D eigenvalue weighted by molar-refractivity contribution is 8.13.